The highest BCUT2D eigenvalue weighted by Crippen LogP contribution is 2.19. The summed E-state index contributed by atoms with van der Waals surface area (Å²) < 4.78 is 5.39. The number of benzene rings is 1. The molecule has 92 valence electrons. The number of thiocarbonyl (C=S) groups is 1. The average molecular weight is 250 g/mol. The highest BCUT2D eigenvalue weighted by molar-refractivity contribution is 7.80. The van der Waals surface area contributed by atoms with Crippen LogP contribution in [0.4, 0.5) is 5.69 Å². The molecule has 4 heteroatoms. The number of hydrogen-bond donors (Lipinski definition) is 1. The third-order valence-corrected chi connectivity index (χ3v) is 3.36. The molecule has 0 radical (unpaired) electrons. The Hall–Kier alpha value is -1.13. The van der Waals surface area contributed by atoms with Crippen LogP contribution in [0, 0.1) is 5.92 Å². The van der Waals surface area contributed by atoms with Gasteiger partial charge in [0, 0.05) is 37.4 Å². The van der Waals surface area contributed by atoms with Gasteiger partial charge < -0.3 is 15.4 Å². The molecule has 0 spiro atoms. The van der Waals surface area contributed by atoms with Crippen molar-refractivity contribution in [3.05, 3.63) is 29.8 Å². The standard InChI is InChI=1S/C13H18N2OS/c1-15(8-10-5-6-16-9-10)12-4-2-3-11(7-12)13(14)17/h2-4,7,10H,5-6,8-9H2,1H3,(H2,14,17). The largest absolute Gasteiger partial charge is 0.389 e. The second-order valence-electron chi connectivity index (χ2n) is 4.52. The summed E-state index contributed by atoms with van der Waals surface area (Å²) >= 11 is 4.99. The first kappa shape index (κ1) is 12.3. The Morgan fingerprint density at radius 1 is 1.59 bits per heavy atom. The summed E-state index contributed by atoms with van der Waals surface area (Å²) in [6, 6.07) is 8.06. The van der Waals surface area contributed by atoms with E-state index in [2.05, 4.69) is 18.0 Å². The Kier molecular flexibility index (Phi) is 3.97. The van der Waals surface area contributed by atoms with Gasteiger partial charge in [0.15, 0.2) is 0 Å². The van der Waals surface area contributed by atoms with Gasteiger partial charge in [-0.25, -0.2) is 0 Å². The first-order valence-electron chi connectivity index (χ1n) is 5.85. The maximum atomic E-state index is 5.64. The van der Waals surface area contributed by atoms with Crippen molar-refractivity contribution in [1.82, 2.24) is 0 Å². The predicted octanol–water partition coefficient (Wildman–Crippen LogP) is 1.79. The fourth-order valence-electron chi connectivity index (χ4n) is 2.12. The third kappa shape index (κ3) is 3.17. The maximum absolute atomic E-state index is 5.64. The van der Waals surface area contributed by atoms with Crippen molar-refractivity contribution < 1.29 is 4.74 Å². The fraction of sp³-hybridized carbons (Fsp3) is 0.462. The molecule has 1 unspecified atom stereocenters. The minimum Gasteiger partial charge on any atom is -0.389 e. The van der Waals surface area contributed by atoms with Crippen molar-refractivity contribution in [1.29, 1.82) is 0 Å². The summed E-state index contributed by atoms with van der Waals surface area (Å²) in [5.41, 5.74) is 7.72. The van der Waals surface area contributed by atoms with Gasteiger partial charge in [0.2, 0.25) is 0 Å². The van der Waals surface area contributed by atoms with E-state index in [1.54, 1.807) is 0 Å². The molecule has 0 aromatic heterocycles. The highest BCUT2D eigenvalue weighted by Gasteiger charge is 2.17. The van der Waals surface area contributed by atoms with Crippen LogP contribution in [-0.4, -0.2) is 31.8 Å². The predicted molar refractivity (Wildman–Crippen MR) is 74.5 cm³/mol. The van der Waals surface area contributed by atoms with Gasteiger partial charge in [-0.1, -0.05) is 24.4 Å². The lowest BCUT2D eigenvalue weighted by Crippen LogP contribution is -2.25. The van der Waals surface area contributed by atoms with Crippen LogP contribution >= 0.6 is 12.2 Å². The van der Waals surface area contributed by atoms with Gasteiger partial charge in [-0.2, -0.15) is 0 Å². The van der Waals surface area contributed by atoms with Gasteiger partial charge >= 0.3 is 0 Å². The Labute approximate surface area is 108 Å². The molecule has 1 aliphatic rings. The van der Waals surface area contributed by atoms with Crippen LogP contribution in [0.25, 0.3) is 0 Å². The molecule has 0 saturated carbocycles. The summed E-state index contributed by atoms with van der Waals surface area (Å²) in [5, 5.41) is 0. The number of hydrogen-bond acceptors (Lipinski definition) is 3. The average Bonchev–Trinajstić information content (AvgIpc) is 2.82. The van der Waals surface area contributed by atoms with Crippen molar-refractivity contribution in [2.45, 2.75) is 6.42 Å². The molecule has 3 nitrogen and oxygen atoms in total. The Morgan fingerprint density at radius 2 is 2.41 bits per heavy atom. The molecule has 2 rings (SSSR count). The first-order chi connectivity index (χ1) is 8.16. The number of rotatable bonds is 4. The quantitative estimate of drug-likeness (QED) is 0.827. The SMILES string of the molecule is CN(CC1CCOC1)c1cccc(C(N)=S)c1. The zero-order valence-corrected chi connectivity index (χ0v) is 10.9. The lowest BCUT2D eigenvalue weighted by atomic mass is 10.1. The third-order valence-electron chi connectivity index (χ3n) is 3.13. The van der Waals surface area contributed by atoms with E-state index in [1.807, 2.05) is 18.2 Å². The van der Waals surface area contributed by atoms with Gasteiger partial charge in [0.1, 0.15) is 4.99 Å². The molecule has 1 aromatic rings. The van der Waals surface area contributed by atoms with Gasteiger partial charge in [-0.15, -0.1) is 0 Å². The van der Waals surface area contributed by atoms with E-state index in [1.165, 1.54) is 0 Å². The van der Waals surface area contributed by atoms with Gasteiger partial charge in [-0.3, -0.25) is 0 Å². The van der Waals surface area contributed by atoms with Crippen molar-refractivity contribution >= 4 is 22.9 Å². The molecule has 0 bridgehead atoms. The Bertz CT molecular complexity index is 402. The van der Waals surface area contributed by atoms with E-state index in [0.29, 0.717) is 10.9 Å². The molecule has 17 heavy (non-hydrogen) atoms. The zero-order valence-electron chi connectivity index (χ0n) is 10.1. The van der Waals surface area contributed by atoms with E-state index in [4.69, 9.17) is 22.7 Å². The summed E-state index contributed by atoms with van der Waals surface area (Å²) in [6.45, 7) is 2.78. The molecular formula is C13H18N2OS. The van der Waals surface area contributed by atoms with E-state index < -0.39 is 0 Å². The number of ether oxygens (including phenoxy) is 1. The normalized spacial score (nSPS) is 19.2. The zero-order chi connectivity index (χ0) is 12.3. The van der Waals surface area contributed by atoms with E-state index in [-0.39, 0.29) is 0 Å². The molecule has 1 fully saturated rings. The molecule has 2 N–H and O–H groups in total. The van der Waals surface area contributed by atoms with E-state index in [0.717, 1.165) is 37.4 Å². The highest BCUT2D eigenvalue weighted by atomic mass is 32.1. The Balaban J connectivity index is 2.04. The molecule has 1 aliphatic heterocycles. The number of nitrogens with two attached hydrogens (primary N) is 1. The molecule has 1 heterocycles. The van der Waals surface area contributed by atoms with Crippen LogP contribution in [0.5, 0.6) is 0 Å². The molecule has 1 saturated heterocycles. The van der Waals surface area contributed by atoms with Crippen molar-refractivity contribution in [3.63, 3.8) is 0 Å². The second-order valence-corrected chi connectivity index (χ2v) is 4.96. The minimum atomic E-state index is 0.449. The summed E-state index contributed by atoms with van der Waals surface area (Å²) in [5.74, 6) is 0.633. The lowest BCUT2D eigenvalue weighted by molar-refractivity contribution is 0.186. The molecule has 1 atom stereocenters. The first-order valence-corrected chi connectivity index (χ1v) is 6.26. The van der Waals surface area contributed by atoms with E-state index in [9.17, 15) is 0 Å². The molecule has 0 aliphatic carbocycles. The Morgan fingerprint density at radius 3 is 3.06 bits per heavy atom. The van der Waals surface area contributed by atoms with Crippen LogP contribution in [0.2, 0.25) is 0 Å². The molecule has 0 amide bonds. The van der Waals surface area contributed by atoms with E-state index >= 15 is 0 Å². The van der Waals surface area contributed by atoms with Gasteiger partial charge in [0.25, 0.3) is 0 Å². The molecule has 1 aromatic carbocycles. The topological polar surface area (TPSA) is 38.5 Å². The maximum Gasteiger partial charge on any atom is 0.104 e. The van der Waals surface area contributed by atoms with Crippen molar-refractivity contribution in [2.24, 2.45) is 11.7 Å². The number of nitrogens with zero attached hydrogens (tertiary/aromatic N) is 1. The summed E-state index contributed by atoms with van der Waals surface area (Å²) in [4.78, 5) is 2.69. The second kappa shape index (κ2) is 5.47. The number of anilines is 1. The van der Waals surface area contributed by atoms with Crippen molar-refractivity contribution in [2.75, 3.05) is 31.7 Å². The monoisotopic (exact) mass is 250 g/mol. The summed E-state index contributed by atoms with van der Waals surface area (Å²) in [6.07, 6.45) is 1.15. The van der Waals surface area contributed by atoms with Crippen LogP contribution in [0.1, 0.15) is 12.0 Å². The summed E-state index contributed by atoms with van der Waals surface area (Å²) in [7, 11) is 2.09. The smallest absolute Gasteiger partial charge is 0.104 e. The van der Waals surface area contributed by atoms with Crippen LogP contribution in [-0.2, 0) is 4.74 Å². The van der Waals surface area contributed by atoms with Crippen LogP contribution in [0.15, 0.2) is 24.3 Å². The van der Waals surface area contributed by atoms with Crippen LogP contribution < -0.4 is 10.6 Å². The molecular weight excluding hydrogens is 232 g/mol. The minimum absolute atomic E-state index is 0.449. The van der Waals surface area contributed by atoms with Gasteiger partial charge in [0.05, 0.1) is 6.61 Å². The van der Waals surface area contributed by atoms with Crippen molar-refractivity contribution in [3.8, 4) is 0 Å². The van der Waals surface area contributed by atoms with Crippen LogP contribution in [0.3, 0.4) is 0 Å². The fourth-order valence-corrected chi connectivity index (χ4v) is 2.24. The van der Waals surface area contributed by atoms with Gasteiger partial charge in [-0.05, 0) is 18.6 Å². The lowest BCUT2D eigenvalue weighted by Gasteiger charge is -2.22.